The number of amides is 1. The number of Topliss-reactive ketones (excluding diaryl/α,β-unsaturated/α-hetero) is 1. The Labute approximate surface area is 245 Å². The van der Waals surface area contributed by atoms with Crippen molar-refractivity contribution in [3.05, 3.63) is 58.6 Å². The van der Waals surface area contributed by atoms with Gasteiger partial charge in [-0.05, 0) is 72.9 Å². The number of hydrogen-bond acceptors (Lipinski definition) is 7. The SMILES string of the molecule is CC1(C)CC(=O)c2sc(N3CCOCC3)c(-c3ccnc(-c4cccc(C(=O)N5[C@@H]6CC[C@H]5C[C@H](N)C6)c4)c3)c2C1. The predicted octanol–water partition coefficient (Wildman–Crippen LogP) is 5.56. The van der Waals surface area contributed by atoms with Gasteiger partial charge in [-0.15, -0.1) is 11.3 Å². The number of carbonyl (C=O) groups is 2. The first kappa shape index (κ1) is 26.8. The zero-order valence-electron chi connectivity index (χ0n) is 23.9. The Balaban J connectivity index is 1.26. The Morgan fingerprint density at radius 3 is 2.56 bits per heavy atom. The van der Waals surface area contributed by atoms with Crippen molar-refractivity contribution in [1.82, 2.24) is 9.88 Å². The Hall–Kier alpha value is -3.07. The van der Waals surface area contributed by atoms with E-state index in [9.17, 15) is 9.59 Å². The topological polar surface area (TPSA) is 88.8 Å². The van der Waals surface area contributed by atoms with Crippen LogP contribution in [0.15, 0.2) is 42.6 Å². The summed E-state index contributed by atoms with van der Waals surface area (Å²) in [6, 6.07) is 12.8. The second-order valence-corrected chi connectivity index (χ2v) is 14.0. The summed E-state index contributed by atoms with van der Waals surface area (Å²) in [6.07, 6.45) is 7.17. The number of benzene rings is 1. The van der Waals surface area contributed by atoms with Gasteiger partial charge in [-0.3, -0.25) is 14.6 Å². The lowest BCUT2D eigenvalue weighted by Crippen LogP contribution is -2.50. The van der Waals surface area contributed by atoms with Gasteiger partial charge in [0.25, 0.3) is 5.91 Å². The summed E-state index contributed by atoms with van der Waals surface area (Å²) in [5, 5.41) is 1.16. The third-order valence-electron chi connectivity index (χ3n) is 9.29. The molecule has 3 saturated heterocycles. The van der Waals surface area contributed by atoms with Crippen LogP contribution in [0, 0.1) is 5.41 Å². The van der Waals surface area contributed by atoms with E-state index in [-0.39, 0.29) is 35.2 Å². The number of piperidine rings is 1. The maximum Gasteiger partial charge on any atom is 0.254 e. The molecule has 0 radical (unpaired) electrons. The lowest BCUT2D eigenvalue weighted by molar-refractivity contribution is 0.0575. The number of anilines is 1. The van der Waals surface area contributed by atoms with Crippen molar-refractivity contribution in [2.75, 3.05) is 31.2 Å². The van der Waals surface area contributed by atoms with E-state index in [1.165, 1.54) is 0 Å². The Morgan fingerprint density at radius 2 is 1.80 bits per heavy atom. The summed E-state index contributed by atoms with van der Waals surface area (Å²) in [4.78, 5) is 37.1. The van der Waals surface area contributed by atoms with E-state index in [1.54, 1.807) is 11.3 Å². The third kappa shape index (κ3) is 4.90. The summed E-state index contributed by atoms with van der Waals surface area (Å²) in [5.41, 5.74) is 12.0. The summed E-state index contributed by atoms with van der Waals surface area (Å²) in [6.45, 7) is 7.38. The molecule has 3 aromatic rings. The first-order chi connectivity index (χ1) is 19.8. The van der Waals surface area contributed by atoms with Crippen LogP contribution in [-0.4, -0.2) is 66.0 Å². The van der Waals surface area contributed by atoms with E-state index in [2.05, 4.69) is 35.8 Å². The number of ketones is 1. The van der Waals surface area contributed by atoms with E-state index in [4.69, 9.17) is 15.5 Å². The molecule has 1 amide bonds. The second-order valence-electron chi connectivity index (χ2n) is 13.0. The molecule has 7 nitrogen and oxygen atoms in total. The fourth-order valence-electron chi connectivity index (χ4n) is 7.44. The first-order valence-electron chi connectivity index (χ1n) is 14.9. The van der Waals surface area contributed by atoms with Crippen LogP contribution < -0.4 is 10.6 Å². The van der Waals surface area contributed by atoms with Crippen molar-refractivity contribution in [2.24, 2.45) is 11.1 Å². The molecule has 2 N–H and O–H groups in total. The van der Waals surface area contributed by atoms with Gasteiger partial charge in [-0.1, -0.05) is 26.0 Å². The average molecular weight is 571 g/mol. The normalized spacial score (nSPS) is 25.3. The highest BCUT2D eigenvalue weighted by Crippen LogP contribution is 2.50. The monoisotopic (exact) mass is 570 g/mol. The molecule has 2 bridgehead atoms. The van der Waals surface area contributed by atoms with E-state index < -0.39 is 0 Å². The molecule has 0 saturated carbocycles. The molecule has 5 heterocycles. The van der Waals surface area contributed by atoms with Crippen LogP contribution in [-0.2, 0) is 11.2 Å². The number of ether oxygens (including phenoxy) is 1. The van der Waals surface area contributed by atoms with Crippen molar-refractivity contribution >= 4 is 28.0 Å². The van der Waals surface area contributed by atoms with Gasteiger partial charge >= 0.3 is 0 Å². The lowest BCUT2D eigenvalue weighted by atomic mass is 9.75. The highest BCUT2D eigenvalue weighted by Gasteiger charge is 2.42. The van der Waals surface area contributed by atoms with Gasteiger partial charge < -0.3 is 20.3 Å². The maximum absolute atomic E-state index is 13.7. The molecule has 3 aliphatic heterocycles. The smallest absolute Gasteiger partial charge is 0.254 e. The van der Waals surface area contributed by atoms with Crippen LogP contribution in [0.4, 0.5) is 5.00 Å². The van der Waals surface area contributed by atoms with Gasteiger partial charge in [0.15, 0.2) is 5.78 Å². The van der Waals surface area contributed by atoms with E-state index in [0.29, 0.717) is 25.2 Å². The van der Waals surface area contributed by atoms with Crippen LogP contribution in [0.3, 0.4) is 0 Å². The van der Waals surface area contributed by atoms with Crippen molar-refractivity contribution < 1.29 is 14.3 Å². The molecule has 0 unspecified atom stereocenters. The van der Waals surface area contributed by atoms with Gasteiger partial charge in [-0.2, -0.15) is 0 Å². The molecule has 7 rings (SSSR count). The van der Waals surface area contributed by atoms with E-state index in [1.807, 2.05) is 30.5 Å². The molecular weight excluding hydrogens is 532 g/mol. The van der Waals surface area contributed by atoms with E-state index >= 15 is 0 Å². The fraction of sp³-hybridized carbons (Fsp3) is 0.485. The second kappa shape index (κ2) is 10.3. The number of pyridine rings is 1. The molecule has 8 heteroatoms. The number of hydrogen-bond donors (Lipinski definition) is 1. The van der Waals surface area contributed by atoms with Crippen molar-refractivity contribution in [1.29, 1.82) is 0 Å². The number of aromatic nitrogens is 1. The van der Waals surface area contributed by atoms with Crippen molar-refractivity contribution in [3.8, 4) is 22.4 Å². The largest absolute Gasteiger partial charge is 0.378 e. The van der Waals surface area contributed by atoms with Crippen LogP contribution in [0.1, 0.15) is 71.5 Å². The van der Waals surface area contributed by atoms with Gasteiger partial charge in [0.1, 0.15) is 0 Å². The standard InChI is InChI=1S/C33H38N4O3S/c1-33(2)18-26-29(32(36-10-12-40-13-11-36)41-30(26)28(38)19-33)21-8-9-35-27(15-21)20-4-3-5-22(14-20)31(39)37-24-6-7-25(37)17-23(34)16-24/h3-5,8-9,14-15,23-25H,6-7,10-13,16-19,34H2,1-2H3/t23-,24-,25+. The number of thiophene rings is 1. The zero-order valence-corrected chi connectivity index (χ0v) is 24.7. The van der Waals surface area contributed by atoms with Gasteiger partial charge in [-0.25, -0.2) is 0 Å². The van der Waals surface area contributed by atoms with Crippen LogP contribution in [0.2, 0.25) is 0 Å². The maximum atomic E-state index is 13.7. The Morgan fingerprint density at radius 1 is 1.05 bits per heavy atom. The number of rotatable bonds is 4. The van der Waals surface area contributed by atoms with E-state index in [0.717, 1.165) is 83.0 Å². The fourth-order valence-corrected chi connectivity index (χ4v) is 8.78. The summed E-state index contributed by atoms with van der Waals surface area (Å²) in [7, 11) is 0. The number of carbonyl (C=O) groups excluding carboxylic acids is 2. The van der Waals surface area contributed by atoms with Crippen LogP contribution >= 0.6 is 11.3 Å². The van der Waals surface area contributed by atoms with Crippen molar-refractivity contribution in [2.45, 2.75) is 70.5 Å². The molecule has 1 aromatic carbocycles. The lowest BCUT2D eigenvalue weighted by Gasteiger charge is -2.37. The summed E-state index contributed by atoms with van der Waals surface area (Å²) >= 11 is 1.64. The molecule has 41 heavy (non-hydrogen) atoms. The Kier molecular flexibility index (Phi) is 6.75. The minimum atomic E-state index is -0.0788. The van der Waals surface area contributed by atoms with Gasteiger partial charge in [0, 0.05) is 60.5 Å². The first-order valence-corrected chi connectivity index (χ1v) is 15.8. The number of morpholine rings is 1. The molecule has 0 spiro atoms. The number of fused-ring (bicyclic) bond motifs is 3. The highest BCUT2D eigenvalue weighted by molar-refractivity contribution is 7.19. The third-order valence-corrected chi connectivity index (χ3v) is 10.6. The summed E-state index contributed by atoms with van der Waals surface area (Å²) in [5.74, 6) is 0.347. The minimum Gasteiger partial charge on any atom is -0.378 e. The zero-order chi connectivity index (χ0) is 28.3. The molecule has 2 aromatic heterocycles. The van der Waals surface area contributed by atoms with Crippen LogP contribution in [0.5, 0.6) is 0 Å². The molecule has 1 aliphatic carbocycles. The molecule has 3 atom stereocenters. The predicted molar refractivity (Wildman–Crippen MR) is 163 cm³/mol. The average Bonchev–Trinajstić information content (AvgIpc) is 3.47. The number of nitrogens with two attached hydrogens (primary N) is 1. The quantitative estimate of drug-likeness (QED) is 0.442. The Bertz CT molecular complexity index is 1490. The van der Waals surface area contributed by atoms with Gasteiger partial charge in [0.2, 0.25) is 0 Å². The minimum absolute atomic E-state index is 0.0788. The molecule has 214 valence electrons. The molecule has 3 fully saturated rings. The molecular formula is C33H38N4O3S. The summed E-state index contributed by atoms with van der Waals surface area (Å²) < 4.78 is 5.65. The van der Waals surface area contributed by atoms with Crippen molar-refractivity contribution in [3.63, 3.8) is 0 Å². The molecule has 4 aliphatic rings. The van der Waals surface area contributed by atoms with Gasteiger partial charge in [0.05, 0.1) is 28.8 Å². The van der Waals surface area contributed by atoms with Crippen LogP contribution in [0.25, 0.3) is 22.4 Å². The highest BCUT2D eigenvalue weighted by atomic mass is 32.1. The number of nitrogens with zero attached hydrogens (tertiary/aromatic N) is 3.